The van der Waals surface area contributed by atoms with Crippen molar-refractivity contribution < 1.29 is 9.13 Å². The van der Waals surface area contributed by atoms with E-state index in [1.807, 2.05) is 6.92 Å². The molecule has 0 aromatic heterocycles. The van der Waals surface area contributed by atoms with E-state index in [2.05, 4.69) is 19.2 Å². The minimum Gasteiger partial charge on any atom is -0.380 e. The molecule has 0 spiro atoms. The molecular formula is C13H20FNO. The maximum Gasteiger partial charge on any atom is 0.123 e. The molecule has 0 saturated carbocycles. The van der Waals surface area contributed by atoms with Crippen LogP contribution in [0.15, 0.2) is 24.3 Å². The Hall–Kier alpha value is -0.930. The molecule has 0 fully saturated rings. The molecule has 1 unspecified atom stereocenters. The molecule has 0 radical (unpaired) electrons. The fourth-order valence-electron chi connectivity index (χ4n) is 1.62. The molecule has 0 saturated heterocycles. The zero-order chi connectivity index (χ0) is 12.0. The van der Waals surface area contributed by atoms with Gasteiger partial charge >= 0.3 is 0 Å². The highest BCUT2D eigenvalue weighted by Crippen LogP contribution is 2.13. The van der Waals surface area contributed by atoms with E-state index in [0.717, 1.165) is 12.2 Å². The molecule has 16 heavy (non-hydrogen) atoms. The molecule has 1 rings (SSSR count). The van der Waals surface area contributed by atoms with Crippen LogP contribution in [0.4, 0.5) is 4.39 Å². The zero-order valence-electron chi connectivity index (χ0n) is 10.2. The summed E-state index contributed by atoms with van der Waals surface area (Å²) >= 11 is 0. The SMILES string of the molecule is CCOCC(C)N[C@@H](C)c1ccc(F)cc1. The molecule has 1 aromatic rings. The third-order valence-electron chi connectivity index (χ3n) is 2.48. The van der Waals surface area contributed by atoms with Gasteiger partial charge in [0, 0.05) is 18.7 Å². The van der Waals surface area contributed by atoms with Crippen LogP contribution in [-0.2, 0) is 4.74 Å². The first kappa shape index (κ1) is 13.1. The van der Waals surface area contributed by atoms with E-state index in [9.17, 15) is 4.39 Å². The number of hydrogen-bond donors (Lipinski definition) is 1. The van der Waals surface area contributed by atoms with Crippen molar-refractivity contribution in [3.05, 3.63) is 35.6 Å². The predicted octanol–water partition coefficient (Wildman–Crippen LogP) is 2.90. The minimum absolute atomic E-state index is 0.196. The molecule has 2 nitrogen and oxygen atoms in total. The van der Waals surface area contributed by atoms with Crippen molar-refractivity contribution in [1.82, 2.24) is 5.32 Å². The largest absolute Gasteiger partial charge is 0.380 e. The van der Waals surface area contributed by atoms with E-state index in [0.29, 0.717) is 12.6 Å². The standard InChI is InChI=1S/C13H20FNO/c1-4-16-9-10(2)15-11(3)12-5-7-13(14)8-6-12/h5-8,10-11,15H,4,9H2,1-3H3/t10?,11-/m0/s1. The monoisotopic (exact) mass is 225 g/mol. The molecule has 2 atom stereocenters. The summed E-state index contributed by atoms with van der Waals surface area (Å²) in [6, 6.07) is 7.08. The third kappa shape index (κ3) is 4.29. The van der Waals surface area contributed by atoms with Gasteiger partial charge in [-0.15, -0.1) is 0 Å². The Kier molecular flexibility index (Phi) is 5.43. The summed E-state index contributed by atoms with van der Waals surface area (Å²) in [6.45, 7) is 7.56. The van der Waals surface area contributed by atoms with Crippen LogP contribution in [0.3, 0.4) is 0 Å². The molecule has 0 heterocycles. The van der Waals surface area contributed by atoms with E-state index in [1.54, 1.807) is 12.1 Å². The van der Waals surface area contributed by atoms with E-state index < -0.39 is 0 Å². The van der Waals surface area contributed by atoms with E-state index in [1.165, 1.54) is 12.1 Å². The lowest BCUT2D eigenvalue weighted by atomic mass is 10.1. The van der Waals surface area contributed by atoms with Gasteiger partial charge in [-0.1, -0.05) is 12.1 Å². The maximum absolute atomic E-state index is 12.7. The lowest BCUT2D eigenvalue weighted by molar-refractivity contribution is 0.124. The maximum atomic E-state index is 12.7. The van der Waals surface area contributed by atoms with Crippen molar-refractivity contribution in [3.63, 3.8) is 0 Å². The average molecular weight is 225 g/mol. The molecule has 0 amide bonds. The summed E-state index contributed by atoms with van der Waals surface area (Å²) < 4.78 is 18.1. The second-order valence-electron chi connectivity index (χ2n) is 4.00. The minimum atomic E-state index is -0.196. The molecule has 1 aromatic carbocycles. The second kappa shape index (κ2) is 6.61. The predicted molar refractivity (Wildman–Crippen MR) is 63.9 cm³/mol. The Bertz CT molecular complexity index is 299. The summed E-state index contributed by atoms with van der Waals surface area (Å²) in [5.74, 6) is -0.196. The van der Waals surface area contributed by atoms with Crippen LogP contribution in [0.5, 0.6) is 0 Å². The number of hydrogen-bond acceptors (Lipinski definition) is 2. The van der Waals surface area contributed by atoms with Gasteiger partial charge in [-0.05, 0) is 38.5 Å². The summed E-state index contributed by atoms with van der Waals surface area (Å²) in [4.78, 5) is 0. The van der Waals surface area contributed by atoms with Crippen molar-refractivity contribution in [2.75, 3.05) is 13.2 Å². The van der Waals surface area contributed by atoms with Crippen molar-refractivity contribution in [2.45, 2.75) is 32.9 Å². The van der Waals surface area contributed by atoms with Crippen LogP contribution >= 0.6 is 0 Å². The van der Waals surface area contributed by atoms with Gasteiger partial charge in [0.25, 0.3) is 0 Å². The van der Waals surface area contributed by atoms with Gasteiger partial charge in [0.05, 0.1) is 6.61 Å². The van der Waals surface area contributed by atoms with Crippen LogP contribution in [0.2, 0.25) is 0 Å². The molecule has 90 valence electrons. The van der Waals surface area contributed by atoms with E-state index in [-0.39, 0.29) is 11.9 Å². The lowest BCUT2D eigenvalue weighted by Crippen LogP contribution is -2.32. The number of rotatable bonds is 6. The zero-order valence-corrected chi connectivity index (χ0v) is 10.2. The van der Waals surface area contributed by atoms with Crippen LogP contribution < -0.4 is 5.32 Å². The van der Waals surface area contributed by atoms with Gasteiger partial charge in [0.1, 0.15) is 5.82 Å². The Balaban J connectivity index is 2.45. The van der Waals surface area contributed by atoms with Crippen molar-refractivity contribution in [3.8, 4) is 0 Å². The smallest absolute Gasteiger partial charge is 0.123 e. The van der Waals surface area contributed by atoms with Gasteiger partial charge in [-0.2, -0.15) is 0 Å². The van der Waals surface area contributed by atoms with Crippen LogP contribution in [0, 0.1) is 5.82 Å². The molecule has 3 heteroatoms. The summed E-state index contributed by atoms with van der Waals surface area (Å²) in [5, 5.41) is 3.40. The van der Waals surface area contributed by atoms with Gasteiger partial charge in [-0.3, -0.25) is 0 Å². The number of nitrogens with one attached hydrogen (secondary N) is 1. The van der Waals surface area contributed by atoms with Gasteiger partial charge in [0.15, 0.2) is 0 Å². The van der Waals surface area contributed by atoms with E-state index in [4.69, 9.17) is 4.74 Å². The van der Waals surface area contributed by atoms with Crippen molar-refractivity contribution in [1.29, 1.82) is 0 Å². The first-order valence-corrected chi connectivity index (χ1v) is 5.72. The molecule has 1 N–H and O–H groups in total. The van der Waals surface area contributed by atoms with Crippen molar-refractivity contribution in [2.24, 2.45) is 0 Å². The molecule has 0 aliphatic rings. The van der Waals surface area contributed by atoms with Crippen LogP contribution in [0.1, 0.15) is 32.4 Å². The Morgan fingerprint density at radius 2 is 1.88 bits per heavy atom. The summed E-state index contributed by atoms with van der Waals surface area (Å²) in [5.41, 5.74) is 1.09. The van der Waals surface area contributed by atoms with Gasteiger partial charge in [-0.25, -0.2) is 4.39 Å². The fraction of sp³-hybridized carbons (Fsp3) is 0.538. The Morgan fingerprint density at radius 1 is 1.25 bits per heavy atom. The highest BCUT2D eigenvalue weighted by Gasteiger charge is 2.09. The number of ether oxygens (including phenoxy) is 1. The molecule has 0 bridgehead atoms. The number of halogens is 1. The lowest BCUT2D eigenvalue weighted by Gasteiger charge is -2.20. The Labute approximate surface area is 96.8 Å². The summed E-state index contributed by atoms with van der Waals surface area (Å²) in [7, 11) is 0. The van der Waals surface area contributed by atoms with E-state index >= 15 is 0 Å². The number of benzene rings is 1. The second-order valence-corrected chi connectivity index (χ2v) is 4.00. The molecular weight excluding hydrogens is 205 g/mol. The molecule has 0 aliphatic heterocycles. The highest BCUT2D eigenvalue weighted by molar-refractivity contribution is 5.19. The topological polar surface area (TPSA) is 21.3 Å². The summed E-state index contributed by atoms with van der Waals surface area (Å²) in [6.07, 6.45) is 0. The van der Waals surface area contributed by atoms with Crippen molar-refractivity contribution >= 4 is 0 Å². The van der Waals surface area contributed by atoms with Gasteiger partial charge < -0.3 is 10.1 Å². The highest BCUT2D eigenvalue weighted by atomic mass is 19.1. The normalized spacial score (nSPS) is 14.8. The fourth-order valence-corrected chi connectivity index (χ4v) is 1.62. The van der Waals surface area contributed by atoms with Crippen LogP contribution in [-0.4, -0.2) is 19.3 Å². The van der Waals surface area contributed by atoms with Crippen LogP contribution in [0.25, 0.3) is 0 Å². The first-order valence-electron chi connectivity index (χ1n) is 5.72. The Morgan fingerprint density at radius 3 is 2.44 bits per heavy atom. The molecule has 0 aliphatic carbocycles. The first-order chi connectivity index (χ1) is 7.63. The third-order valence-corrected chi connectivity index (χ3v) is 2.48. The quantitative estimate of drug-likeness (QED) is 0.803. The van der Waals surface area contributed by atoms with Gasteiger partial charge in [0.2, 0.25) is 0 Å². The average Bonchev–Trinajstić information content (AvgIpc) is 2.27.